The van der Waals surface area contributed by atoms with Gasteiger partial charge in [-0.25, -0.2) is 19.2 Å². The lowest BCUT2D eigenvalue weighted by Crippen LogP contribution is -2.48. The Labute approximate surface area is 515 Å². The summed E-state index contributed by atoms with van der Waals surface area (Å²) in [4.78, 5) is 108. The van der Waals surface area contributed by atoms with E-state index >= 15 is 0 Å². The zero-order valence-corrected chi connectivity index (χ0v) is 50.2. The number of carboxylic acids is 2. The van der Waals surface area contributed by atoms with Crippen molar-refractivity contribution in [2.24, 2.45) is 0 Å². The summed E-state index contributed by atoms with van der Waals surface area (Å²) in [5, 5.41) is 28.3. The number of fused-ring (bicyclic) bond motifs is 2. The fourth-order valence-corrected chi connectivity index (χ4v) is 9.96. The first-order chi connectivity index (χ1) is 42.3. The van der Waals surface area contributed by atoms with Crippen molar-refractivity contribution >= 4 is 104 Å². The maximum atomic E-state index is 13.2. The smallest absolute Gasteiger partial charge is 0.337 e. The molecule has 464 valence electrons. The molecule has 0 unspecified atom stereocenters. The van der Waals surface area contributed by atoms with Gasteiger partial charge >= 0.3 is 23.9 Å². The maximum absolute atomic E-state index is 13.2. The molecule has 6 aromatic rings. The molecule has 0 atom stereocenters. The fourth-order valence-electron chi connectivity index (χ4n) is 9.96. The Kier molecular flexibility index (Phi) is 23.0. The van der Waals surface area contributed by atoms with Crippen LogP contribution in [-0.4, -0.2) is 191 Å². The summed E-state index contributed by atoms with van der Waals surface area (Å²) >= 11 is 0. The van der Waals surface area contributed by atoms with E-state index in [2.05, 4.69) is 55.0 Å². The SMILES string of the molecule is COC(=O)c1ccc2c(c1)NC(=O)/C2=C(\Nc1ccc(N(C)C(=O)CN2CCN(C)CC2)cc1)c1ccccc1.COC(=O)c1ccc2c(c1)NC(=O)/C2=C(\Nc1ccc(N(C)C(=O)CN2CCN(C)CC2)cc1)c1ccccc1.O.O=C(O)/C=C/C(=O)O. The minimum absolute atomic E-state index is 0. The third kappa shape index (κ3) is 17.2. The van der Waals surface area contributed by atoms with Gasteiger partial charge in [-0.15, -0.1) is 0 Å². The number of amides is 4. The number of ether oxygens (including phenoxy) is 2. The number of nitrogens with zero attached hydrogens (tertiary/aromatic N) is 6. The van der Waals surface area contributed by atoms with Crippen molar-refractivity contribution < 1.29 is 63.5 Å². The molecule has 23 heteroatoms. The average molecular weight is 1210 g/mol. The van der Waals surface area contributed by atoms with Gasteiger partial charge in [-0.3, -0.25) is 29.0 Å². The van der Waals surface area contributed by atoms with Crippen LogP contribution >= 0.6 is 0 Å². The summed E-state index contributed by atoms with van der Waals surface area (Å²) < 4.78 is 9.65. The number of carbonyl (C=O) groups excluding carboxylic acids is 6. The molecule has 2 saturated heterocycles. The Morgan fingerprint density at radius 1 is 0.494 bits per heavy atom. The highest BCUT2D eigenvalue weighted by Crippen LogP contribution is 2.40. The van der Waals surface area contributed by atoms with E-state index in [1.165, 1.54) is 14.2 Å². The number of carboxylic acid groups (broad SMARTS) is 2. The van der Waals surface area contributed by atoms with Gasteiger partial charge in [-0.2, -0.15) is 0 Å². The first-order valence-electron chi connectivity index (χ1n) is 28.2. The molecular weight excluding hydrogens is 1140 g/mol. The predicted octanol–water partition coefficient (Wildman–Crippen LogP) is 6.12. The predicted molar refractivity (Wildman–Crippen MR) is 342 cm³/mol. The molecule has 89 heavy (non-hydrogen) atoms. The average Bonchev–Trinajstić information content (AvgIpc) is 3.20. The highest BCUT2D eigenvalue weighted by atomic mass is 16.5. The summed E-state index contributed by atoms with van der Waals surface area (Å²) in [6.07, 6.45) is 1.12. The number of benzene rings is 6. The molecule has 0 bridgehead atoms. The van der Waals surface area contributed by atoms with E-state index in [-0.39, 0.29) is 29.1 Å². The molecule has 0 saturated carbocycles. The van der Waals surface area contributed by atoms with E-state index < -0.39 is 23.9 Å². The quantitative estimate of drug-likeness (QED) is 0.0470. The molecular formula is C66H72N10O13. The molecule has 0 aromatic heterocycles. The highest BCUT2D eigenvalue weighted by Gasteiger charge is 2.32. The number of hydrogen-bond acceptors (Lipinski definition) is 16. The zero-order chi connectivity index (χ0) is 63.0. The Hall–Kier alpha value is -10.3. The lowest BCUT2D eigenvalue weighted by Gasteiger charge is -2.32. The number of anilines is 6. The Morgan fingerprint density at radius 2 is 0.831 bits per heavy atom. The number of aliphatic carboxylic acids is 2. The second kappa shape index (κ2) is 30.9. The Bertz CT molecular complexity index is 3420. The number of likely N-dealkylation sites (N-methyl/N-ethyl adjacent to an activating group) is 4. The Balaban J connectivity index is 0.000000224. The second-order valence-electron chi connectivity index (χ2n) is 21.1. The van der Waals surface area contributed by atoms with Crippen LogP contribution in [0.3, 0.4) is 0 Å². The van der Waals surface area contributed by atoms with Crippen molar-refractivity contribution in [1.29, 1.82) is 0 Å². The third-order valence-electron chi connectivity index (χ3n) is 15.1. The molecule has 2 fully saturated rings. The van der Waals surface area contributed by atoms with E-state index in [1.807, 2.05) is 109 Å². The van der Waals surface area contributed by atoms with Gasteiger partial charge in [0.05, 0.1) is 72.4 Å². The minimum Gasteiger partial charge on any atom is -0.478 e. The third-order valence-corrected chi connectivity index (χ3v) is 15.1. The van der Waals surface area contributed by atoms with Gasteiger partial charge in [0.15, 0.2) is 0 Å². The van der Waals surface area contributed by atoms with Crippen molar-refractivity contribution in [2.45, 2.75) is 0 Å². The molecule has 4 aliphatic heterocycles. The largest absolute Gasteiger partial charge is 0.478 e. The lowest BCUT2D eigenvalue weighted by atomic mass is 9.99. The van der Waals surface area contributed by atoms with Crippen molar-refractivity contribution in [2.75, 3.05) is 139 Å². The second-order valence-corrected chi connectivity index (χ2v) is 21.1. The first kappa shape index (κ1) is 66.2. The number of methoxy groups -OCH3 is 2. The zero-order valence-electron chi connectivity index (χ0n) is 50.2. The van der Waals surface area contributed by atoms with E-state index in [4.69, 9.17) is 19.7 Å². The monoisotopic (exact) mass is 1210 g/mol. The van der Waals surface area contributed by atoms with Crippen molar-refractivity contribution in [3.8, 4) is 0 Å². The number of esters is 2. The van der Waals surface area contributed by atoms with Gasteiger partial charge in [0, 0.05) is 112 Å². The van der Waals surface area contributed by atoms with Crippen molar-refractivity contribution in [3.05, 3.63) is 191 Å². The summed E-state index contributed by atoms with van der Waals surface area (Å²) in [7, 11) is 10.4. The minimum atomic E-state index is -1.26. The molecule has 4 heterocycles. The lowest BCUT2D eigenvalue weighted by molar-refractivity contribution is -0.134. The number of piperazine rings is 2. The number of hydrogen-bond donors (Lipinski definition) is 6. The molecule has 8 N–H and O–H groups in total. The summed E-state index contributed by atoms with van der Waals surface area (Å²) in [5.74, 6) is -3.90. The van der Waals surface area contributed by atoms with E-state index in [1.54, 1.807) is 60.3 Å². The molecule has 23 nitrogen and oxygen atoms in total. The van der Waals surface area contributed by atoms with Crippen LogP contribution < -0.4 is 31.1 Å². The molecule has 0 spiro atoms. The first-order valence-corrected chi connectivity index (χ1v) is 28.2. The van der Waals surface area contributed by atoms with Crippen LogP contribution in [0.4, 0.5) is 34.1 Å². The van der Waals surface area contributed by atoms with Gasteiger partial charge in [0.1, 0.15) is 0 Å². The number of nitrogens with one attached hydrogen (secondary N) is 4. The van der Waals surface area contributed by atoms with Crippen LogP contribution in [0.5, 0.6) is 0 Å². The van der Waals surface area contributed by atoms with Gasteiger partial charge in [0.25, 0.3) is 11.8 Å². The standard InChI is InChI=1S/2C31H33N5O4.C4H4O4.H2O/c2*1-34-15-17-36(18-16-34)20-27(37)35(2)24-12-10-23(11-13-24)32-29(21-7-5-4-6-8-21)28-25-14-9-22(31(39)40-3)19-26(25)33-30(28)38;5-3(6)1-2-4(7)8;/h2*4-14,19,32H,15-18,20H2,1-3H3,(H,33,38);1-2H,(H,5,6)(H,7,8);1H2/b2*29-28-;2-1+;. The normalized spacial score (nSPS) is 15.8. The van der Waals surface area contributed by atoms with Crippen molar-refractivity contribution in [1.82, 2.24) is 19.6 Å². The van der Waals surface area contributed by atoms with Crippen molar-refractivity contribution in [3.63, 3.8) is 0 Å². The fraction of sp³-hybridized carbons (Fsp3) is 0.242. The molecule has 4 amide bonds. The summed E-state index contributed by atoms with van der Waals surface area (Å²) in [6.45, 7) is 8.18. The molecule has 6 aromatic carbocycles. The van der Waals surface area contributed by atoms with Gasteiger partial charge < -0.3 is 66.0 Å². The maximum Gasteiger partial charge on any atom is 0.337 e. The van der Waals surface area contributed by atoms with Crippen LogP contribution in [0.25, 0.3) is 22.5 Å². The van der Waals surface area contributed by atoms with Gasteiger partial charge in [-0.05, 0) is 98.0 Å². The Morgan fingerprint density at radius 3 is 1.15 bits per heavy atom. The van der Waals surface area contributed by atoms with E-state index in [0.717, 1.165) is 86.2 Å². The van der Waals surface area contributed by atoms with Crippen LogP contribution in [0.1, 0.15) is 43.0 Å². The van der Waals surface area contributed by atoms with Gasteiger partial charge in [-0.1, -0.05) is 72.8 Å². The molecule has 10 rings (SSSR count). The number of carbonyl (C=O) groups is 8. The summed E-state index contributed by atoms with van der Waals surface area (Å²) in [5.41, 5.74) is 10.2. The van der Waals surface area contributed by atoms with Crippen LogP contribution in [0, 0.1) is 0 Å². The highest BCUT2D eigenvalue weighted by molar-refractivity contribution is 6.38. The molecule has 4 aliphatic rings. The molecule has 0 radical (unpaired) electrons. The number of rotatable bonds is 16. The molecule has 0 aliphatic carbocycles. The van der Waals surface area contributed by atoms with E-state index in [9.17, 15) is 38.4 Å². The summed E-state index contributed by atoms with van der Waals surface area (Å²) in [6, 6.07) is 44.4. The van der Waals surface area contributed by atoms with Crippen LogP contribution in [0.2, 0.25) is 0 Å². The van der Waals surface area contributed by atoms with Crippen LogP contribution in [-0.2, 0) is 38.2 Å². The topological polar surface area (TPSA) is 295 Å². The van der Waals surface area contributed by atoms with Gasteiger partial charge in [0.2, 0.25) is 11.8 Å². The van der Waals surface area contributed by atoms with E-state index in [0.29, 0.717) is 81.4 Å². The van der Waals surface area contributed by atoms with Crippen LogP contribution in [0.15, 0.2) is 158 Å².